The lowest BCUT2D eigenvalue weighted by molar-refractivity contribution is -0.128. The number of anilines is 4. The Bertz CT molecular complexity index is 1090. The fraction of sp³-hybridized carbons (Fsp3) is 0.630. The van der Waals surface area contributed by atoms with Crippen molar-refractivity contribution in [3.8, 4) is 0 Å². The zero-order valence-electron chi connectivity index (χ0n) is 21.5. The molecule has 9 heteroatoms. The average Bonchev–Trinajstić information content (AvgIpc) is 3.52. The summed E-state index contributed by atoms with van der Waals surface area (Å²) in [5.74, 6) is 2.35. The SMILES string of the molecule is CC(C)N1CCN(c2ccc(Nc3ncc4c(n3)N(C3CCCC3)C3(CCCNC3=O)C4)nc2)CC1. The summed E-state index contributed by atoms with van der Waals surface area (Å²) < 4.78 is 0. The third-order valence-electron chi connectivity index (χ3n) is 8.58. The van der Waals surface area contributed by atoms with Gasteiger partial charge in [0.1, 0.15) is 17.2 Å². The number of carbonyl (C=O) groups excluding carboxylic acids is 1. The first kappa shape index (κ1) is 23.5. The molecule has 3 fully saturated rings. The monoisotopic (exact) mass is 490 g/mol. The van der Waals surface area contributed by atoms with Crippen LogP contribution in [-0.4, -0.2) is 76.1 Å². The van der Waals surface area contributed by atoms with Gasteiger partial charge in [0.05, 0.1) is 11.9 Å². The molecule has 1 unspecified atom stereocenters. The van der Waals surface area contributed by atoms with Gasteiger partial charge in [-0.25, -0.2) is 9.97 Å². The van der Waals surface area contributed by atoms with Gasteiger partial charge in [-0.05, 0) is 51.7 Å². The Balaban J connectivity index is 1.20. The van der Waals surface area contributed by atoms with Gasteiger partial charge in [0.2, 0.25) is 11.9 Å². The van der Waals surface area contributed by atoms with E-state index in [0.717, 1.165) is 81.3 Å². The largest absolute Gasteiger partial charge is 0.368 e. The summed E-state index contributed by atoms with van der Waals surface area (Å²) in [6.45, 7) is 9.49. The van der Waals surface area contributed by atoms with Gasteiger partial charge in [-0.3, -0.25) is 9.69 Å². The number of amides is 1. The number of pyridine rings is 1. The van der Waals surface area contributed by atoms with E-state index in [0.29, 0.717) is 24.5 Å². The quantitative estimate of drug-likeness (QED) is 0.661. The Morgan fingerprint density at radius 2 is 1.86 bits per heavy atom. The van der Waals surface area contributed by atoms with Gasteiger partial charge < -0.3 is 20.4 Å². The molecule has 1 spiro atoms. The van der Waals surface area contributed by atoms with Gasteiger partial charge in [-0.1, -0.05) is 12.8 Å². The molecule has 36 heavy (non-hydrogen) atoms. The molecule has 9 nitrogen and oxygen atoms in total. The van der Waals surface area contributed by atoms with Gasteiger partial charge in [0.25, 0.3) is 0 Å². The zero-order valence-corrected chi connectivity index (χ0v) is 21.5. The van der Waals surface area contributed by atoms with Crippen molar-refractivity contribution >= 4 is 29.2 Å². The van der Waals surface area contributed by atoms with E-state index in [1.807, 2.05) is 18.5 Å². The second kappa shape index (κ2) is 9.50. The highest BCUT2D eigenvalue weighted by Gasteiger charge is 2.54. The molecule has 4 aliphatic rings. The molecule has 1 amide bonds. The molecule has 2 aromatic heterocycles. The number of hydrogen-bond donors (Lipinski definition) is 2. The minimum Gasteiger partial charge on any atom is -0.368 e. The second-order valence-corrected chi connectivity index (χ2v) is 11.1. The van der Waals surface area contributed by atoms with Crippen molar-refractivity contribution in [2.24, 2.45) is 0 Å². The highest BCUT2D eigenvalue weighted by molar-refractivity contribution is 5.93. The van der Waals surface area contributed by atoms with Crippen LogP contribution in [0.5, 0.6) is 0 Å². The van der Waals surface area contributed by atoms with Crippen molar-refractivity contribution in [2.75, 3.05) is 47.8 Å². The molecule has 3 aliphatic heterocycles. The minimum absolute atomic E-state index is 0.152. The van der Waals surface area contributed by atoms with Crippen LogP contribution in [-0.2, 0) is 11.2 Å². The third kappa shape index (κ3) is 4.17. The van der Waals surface area contributed by atoms with Crippen molar-refractivity contribution in [1.82, 2.24) is 25.2 Å². The van der Waals surface area contributed by atoms with E-state index in [2.05, 4.69) is 55.2 Å². The van der Waals surface area contributed by atoms with Crippen LogP contribution in [0, 0.1) is 0 Å². The first-order valence-corrected chi connectivity index (χ1v) is 13.7. The van der Waals surface area contributed by atoms with Crippen LogP contribution < -0.4 is 20.4 Å². The predicted octanol–water partition coefficient (Wildman–Crippen LogP) is 3.10. The van der Waals surface area contributed by atoms with Crippen molar-refractivity contribution < 1.29 is 4.79 Å². The highest BCUT2D eigenvalue weighted by Crippen LogP contribution is 2.46. The molecule has 1 aliphatic carbocycles. The summed E-state index contributed by atoms with van der Waals surface area (Å²) in [6.07, 6.45) is 11.1. The van der Waals surface area contributed by atoms with Gasteiger partial charge in [0.15, 0.2) is 0 Å². The zero-order chi connectivity index (χ0) is 24.7. The maximum atomic E-state index is 13.2. The summed E-state index contributed by atoms with van der Waals surface area (Å²) in [6, 6.07) is 5.09. The van der Waals surface area contributed by atoms with Gasteiger partial charge in [-0.15, -0.1) is 0 Å². The number of nitrogens with zero attached hydrogens (tertiary/aromatic N) is 6. The Labute approximate surface area is 213 Å². The smallest absolute Gasteiger partial charge is 0.246 e. The van der Waals surface area contributed by atoms with Crippen molar-refractivity contribution in [3.63, 3.8) is 0 Å². The van der Waals surface area contributed by atoms with E-state index in [9.17, 15) is 4.79 Å². The molecule has 1 atom stereocenters. The fourth-order valence-electron chi connectivity index (χ4n) is 6.60. The lowest BCUT2D eigenvalue weighted by Gasteiger charge is -2.44. The minimum atomic E-state index is -0.512. The predicted molar refractivity (Wildman–Crippen MR) is 142 cm³/mol. The Morgan fingerprint density at radius 1 is 1.06 bits per heavy atom. The van der Waals surface area contributed by atoms with E-state index in [-0.39, 0.29) is 5.91 Å². The number of piperidine rings is 1. The second-order valence-electron chi connectivity index (χ2n) is 11.1. The number of piperazine rings is 1. The van der Waals surface area contributed by atoms with Crippen molar-refractivity contribution in [2.45, 2.75) is 76.4 Å². The maximum Gasteiger partial charge on any atom is 0.246 e. The Morgan fingerprint density at radius 3 is 2.56 bits per heavy atom. The van der Waals surface area contributed by atoms with Gasteiger partial charge >= 0.3 is 0 Å². The number of nitrogens with one attached hydrogen (secondary N) is 2. The van der Waals surface area contributed by atoms with Crippen LogP contribution >= 0.6 is 0 Å². The third-order valence-corrected chi connectivity index (χ3v) is 8.58. The van der Waals surface area contributed by atoms with Gasteiger partial charge in [-0.2, -0.15) is 4.98 Å². The molecule has 2 saturated heterocycles. The van der Waals surface area contributed by atoms with Crippen LogP contribution in [0.4, 0.5) is 23.3 Å². The van der Waals surface area contributed by atoms with Gasteiger partial charge in [0, 0.05) is 63.0 Å². The van der Waals surface area contributed by atoms with E-state index < -0.39 is 5.54 Å². The number of aromatic nitrogens is 3. The van der Waals surface area contributed by atoms with E-state index in [4.69, 9.17) is 4.98 Å². The molecule has 6 rings (SSSR count). The topological polar surface area (TPSA) is 89.5 Å². The molecule has 5 heterocycles. The van der Waals surface area contributed by atoms with E-state index in [1.165, 1.54) is 12.8 Å². The molecule has 0 bridgehead atoms. The Kier molecular flexibility index (Phi) is 6.19. The molecule has 1 saturated carbocycles. The standard InChI is InChI=1S/C27H38N8O/c1-19(2)33-12-14-34(15-13-33)22-8-9-23(29-18-22)31-26-30-17-20-16-27(10-5-11-28-25(27)36)35(24(20)32-26)21-6-3-4-7-21/h8-9,17-19,21H,3-7,10-16H2,1-2H3,(H,28,36)(H,29,30,31,32). The normalized spacial score (nSPS) is 25.0. The summed E-state index contributed by atoms with van der Waals surface area (Å²) in [5, 5.41) is 6.45. The molecule has 2 N–H and O–H groups in total. The van der Waals surface area contributed by atoms with Crippen LogP contribution in [0.3, 0.4) is 0 Å². The lowest BCUT2D eigenvalue weighted by atomic mass is 9.84. The molecular formula is C27H38N8O. The fourth-order valence-corrected chi connectivity index (χ4v) is 6.60. The first-order valence-electron chi connectivity index (χ1n) is 13.7. The van der Waals surface area contributed by atoms with Crippen molar-refractivity contribution in [1.29, 1.82) is 0 Å². The summed E-state index contributed by atoms with van der Waals surface area (Å²) in [4.78, 5) is 34.7. The van der Waals surface area contributed by atoms with Crippen LogP contribution in [0.2, 0.25) is 0 Å². The Hall–Kier alpha value is -2.94. The van der Waals surface area contributed by atoms with E-state index >= 15 is 0 Å². The molecule has 2 aromatic rings. The summed E-state index contributed by atoms with van der Waals surface area (Å²) >= 11 is 0. The molecule has 0 radical (unpaired) electrons. The molecule has 192 valence electrons. The number of fused-ring (bicyclic) bond motifs is 1. The average molecular weight is 491 g/mol. The van der Waals surface area contributed by atoms with Crippen LogP contribution in [0.1, 0.15) is 57.9 Å². The lowest BCUT2D eigenvalue weighted by Crippen LogP contribution is -2.63. The summed E-state index contributed by atoms with van der Waals surface area (Å²) in [5.41, 5.74) is 1.72. The van der Waals surface area contributed by atoms with Crippen molar-refractivity contribution in [3.05, 3.63) is 30.1 Å². The van der Waals surface area contributed by atoms with Crippen LogP contribution in [0.15, 0.2) is 24.5 Å². The highest BCUT2D eigenvalue weighted by atomic mass is 16.2. The maximum absolute atomic E-state index is 13.2. The summed E-state index contributed by atoms with van der Waals surface area (Å²) in [7, 11) is 0. The molecular weight excluding hydrogens is 452 g/mol. The first-order chi connectivity index (χ1) is 17.5. The van der Waals surface area contributed by atoms with E-state index in [1.54, 1.807) is 0 Å². The number of rotatable bonds is 5. The number of carbonyl (C=O) groups is 1. The van der Waals surface area contributed by atoms with Crippen LogP contribution in [0.25, 0.3) is 0 Å². The number of hydrogen-bond acceptors (Lipinski definition) is 8. The molecule has 0 aromatic carbocycles.